The topological polar surface area (TPSA) is 67.4 Å². The van der Waals surface area contributed by atoms with Crippen LogP contribution in [0.1, 0.15) is 15.9 Å². The molecule has 0 aliphatic rings. The van der Waals surface area contributed by atoms with Crippen molar-refractivity contribution in [2.75, 3.05) is 19.7 Å². The van der Waals surface area contributed by atoms with Gasteiger partial charge < -0.3 is 15.4 Å². The lowest BCUT2D eigenvalue weighted by atomic mass is 10.2. The van der Waals surface area contributed by atoms with E-state index in [-0.39, 0.29) is 18.4 Å². The second-order valence-electron chi connectivity index (χ2n) is 5.06. The number of nitrogens with one attached hydrogen (secondary N) is 2. The summed E-state index contributed by atoms with van der Waals surface area (Å²) in [5.74, 6) is 0.260. The molecule has 2 N–H and O–H groups in total. The molecule has 0 unspecified atom stereocenters. The van der Waals surface area contributed by atoms with E-state index in [1.807, 2.05) is 37.3 Å². The van der Waals surface area contributed by atoms with Crippen LogP contribution in [0.2, 0.25) is 0 Å². The molecule has 0 aliphatic carbocycles. The lowest BCUT2D eigenvalue weighted by molar-refractivity contribution is -0.120. The summed E-state index contributed by atoms with van der Waals surface area (Å²) in [4.78, 5) is 23.4. The number of aryl methyl sites for hydroxylation is 1. The van der Waals surface area contributed by atoms with Gasteiger partial charge in [-0.2, -0.15) is 0 Å². The number of amides is 2. The normalized spacial score (nSPS) is 9.96. The van der Waals surface area contributed by atoms with Crippen LogP contribution >= 0.6 is 0 Å². The molecule has 2 amide bonds. The summed E-state index contributed by atoms with van der Waals surface area (Å²) in [6.45, 7) is 2.69. The van der Waals surface area contributed by atoms with Gasteiger partial charge in [0.2, 0.25) is 5.91 Å². The Balaban J connectivity index is 1.63. The highest BCUT2D eigenvalue weighted by atomic mass is 16.5. The van der Waals surface area contributed by atoms with Gasteiger partial charge in [-0.15, -0.1) is 0 Å². The zero-order valence-corrected chi connectivity index (χ0v) is 13.0. The number of rotatable bonds is 7. The average molecular weight is 312 g/mol. The van der Waals surface area contributed by atoms with Gasteiger partial charge in [-0.3, -0.25) is 9.59 Å². The minimum atomic E-state index is -0.267. The Morgan fingerprint density at radius 1 is 1.00 bits per heavy atom. The van der Waals surface area contributed by atoms with Gasteiger partial charge in [0.1, 0.15) is 12.4 Å². The first-order chi connectivity index (χ1) is 11.1. The molecule has 2 rings (SSSR count). The monoisotopic (exact) mass is 312 g/mol. The van der Waals surface area contributed by atoms with Gasteiger partial charge in [0.05, 0.1) is 13.1 Å². The average Bonchev–Trinajstić information content (AvgIpc) is 2.57. The van der Waals surface area contributed by atoms with Gasteiger partial charge in [0, 0.05) is 5.56 Å². The van der Waals surface area contributed by atoms with E-state index in [2.05, 4.69) is 10.6 Å². The number of carbonyl (C=O) groups is 2. The van der Waals surface area contributed by atoms with Gasteiger partial charge in [-0.1, -0.05) is 30.3 Å². The van der Waals surface area contributed by atoms with Crippen LogP contribution in [0.5, 0.6) is 5.75 Å². The molecule has 0 saturated heterocycles. The van der Waals surface area contributed by atoms with Crippen LogP contribution in [0.25, 0.3) is 0 Å². The van der Waals surface area contributed by atoms with Crippen molar-refractivity contribution in [1.82, 2.24) is 10.6 Å². The molecule has 0 bridgehead atoms. The molecule has 0 radical (unpaired) electrons. The van der Waals surface area contributed by atoms with Crippen LogP contribution in [0.3, 0.4) is 0 Å². The lowest BCUT2D eigenvalue weighted by Crippen LogP contribution is -2.38. The van der Waals surface area contributed by atoms with Gasteiger partial charge in [-0.05, 0) is 36.8 Å². The molecule has 23 heavy (non-hydrogen) atoms. The number of benzene rings is 2. The maximum atomic E-state index is 11.8. The summed E-state index contributed by atoms with van der Waals surface area (Å²) in [5, 5.41) is 5.27. The first-order valence-corrected chi connectivity index (χ1v) is 7.44. The zero-order valence-electron chi connectivity index (χ0n) is 13.0. The Bertz CT molecular complexity index is 656. The SMILES string of the molecule is Cc1cccc(OCCNC(=O)CNC(=O)c2ccccc2)c1. The third-order valence-electron chi connectivity index (χ3n) is 3.13. The third kappa shape index (κ3) is 5.82. The van der Waals surface area contributed by atoms with Crippen LogP contribution in [0.4, 0.5) is 0 Å². The highest BCUT2D eigenvalue weighted by Crippen LogP contribution is 2.11. The van der Waals surface area contributed by atoms with Gasteiger partial charge in [0.25, 0.3) is 5.91 Å². The molecular weight excluding hydrogens is 292 g/mol. The first-order valence-electron chi connectivity index (χ1n) is 7.44. The second-order valence-corrected chi connectivity index (χ2v) is 5.06. The summed E-state index contributed by atoms with van der Waals surface area (Å²) in [7, 11) is 0. The van der Waals surface area contributed by atoms with E-state index in [1.165, 1.54) is 0 Å². The predicted molar refractivity (Wildman–Crippen MR) is 88.5 cm³/mol. The Hall–Kier alpha value is -2.82. The van der Waals surface area contributed by atoms with Gasteiger partial charge in [0.15, 0.2) is 0 Å². The molecule has 0 aromatic heterocycles. The first kappa shape index (κ1) is 16.5. The van der Waals surface area contributed by atoms with Crippen molar-refractivity contribution in [1.29, 1.82) is 0 Å². The molecule has 0 saturated carbocycles. The summed E-state index contributed by atoms with van der Waals surface area (Å²) < 4.78 is 5.53. The van der Waals surface area contributed by atoms with E-state index in [0.29, 0.717) is 18.7 Å². The van der Waals surface area contributed by atoms with E-state index in [9.17, 15) is 9.59 Å². The van der Waals surface area contributed by atoms with Crippen LogP contribution < -0.4 is 15.4 Å². The molecule has 2 aromatic rings. The van der Waals surface area contributed by atoms with Crippen molar-refractivity contribution in [3.8, 4) is 5.75 Å². The quantitative estimate of drug-likeness (QED) is 0.768. The molecular formula is C18H20N2O3. The molecule has 2 aromatic carbocycles. The van der Waals surface area contributed by atoms with E-state index in [4.69, 9.17) is 4.74 Å². The number of carbonyl (C=O) groups excluding carboxylic acids is 2. The van der Waals surface area contributed by atoms with E-state index in [0.717, 1.165) is 11.3 Å². The maximum Gasteiger partial charge on any atom is 0.251 e. The summed E-state index contributed by atoms with van der Waals surface area (Å²) in [6.07, 6.45) is 0. The number of ether oxygens (including phenoxy) is 1. The van der Waals surface area contributed by atoms with Crippen molar-refractivity contribution in [2.24, 2.45) is 0 Å². The second kappa shape index (κ2) is 8.58. The summed E-state index contributed by atoms with van der Waals surface area (Å²) >= 11 is 0. The van der Waals surface area contributed by atoms with Crippen molar-refractivity contribution in [2.45, 2.75) is 6.92 Å². The van der Waals surface area contributed by atoms with E-state index >= 15 is 0 Å². The maximum absolute atomic E-state index is 11.8. The molecule has 0 spiro atoms. The molecule has 120 valence electrons. The van der Waals surface area contributed by atoms with Crippen molar-refractivity contribution < 1.29 is 14.3 Å². The predicted octanol–water partition coefficient (Wildman–Crippen LogP) is 1.92. The van der Waals surface area contributed by atoms with E-state index < -0.39 is 0 Å². The number of hydrogen-bond acceptors (Lipinski definition) is 3. The molecule has 5 nitrogen and oxygen atoms in total. The smallest absolute Gasteiger partial charge is 0.251 e. The zero-order chi connectivity index (χ0) is 16.5. The van der Waals surface area contributed by atoms with Gasteiger partial charge >= 0.3 is 0 Å². The fourth-order valence-corrected chi connectivity index (χ4v) is 1.98. The third-order valence-corrected chi connectivity index (χ3v) is 3.13. The van der Waals surface area contributed by atoms with Crippen LogP contribution in [0.15, 0.2) is 54.6 Å². The Morgan fingerprint density at radius 3 is 2.52 bits per heavy atom. The number of hydrogen-bond donors (Lipinski definition) is 2. The molecule has 0 heterocycles. The Kier molecular flexibility index (Phi) is 6.17. The van der Waals surface area contributed by atoms with Crippen molar-refractivity contribution in [3.63, 3.8) is 0 Å². The Morgan fingerprint density at radius 2 is 1.78 bits per heavy atom. The standard InChI is InChI=1S/C18H20N2O3/c1-14-6-5-9-16(12-14)23-11-10-19-17(21)13-20-18(22)15-7-3-2-4-8-15/h2-9,12H,10-11,13H2,1H3,(H,19,21)(H,20,22). The van der Waals surface area contributed by atoms with Crippen molar-refractivity contribution in [3.05, 3.63) is 65.7 Å². The lowest BCUT2D eigenvalue weighted by Gasteiger charge is -2.09. The fraction of sp³-hybridized carbons (Fsp3) is 0.222. The van der Waals surface area contributed by atoms with Crippen LogP contribution in [0, 0.1) is 6.92 Å². The van der Waals surface area contributed by atoms with Crippen LogP contribution in [-0.4, -0.2) is 31.5 Å². The largest absolute Gasteiger partial charge is 0.492 e. The highest BCUT2D eigenvalue weighted by molar-refractivity contribution is 5.96. The molecule has 0 atom stereocenters. The summed E-state index contributed by atoms with van der Waals surface area (Å²) in [5.41, 5.74) is 1.65. The minimum Gasteiger partial charge on any atom is -0.492 e. The molecule has 0 fully saturated rings. The molecule has 5 heteroatoms. The van der Waals surface area contributed by atoms with E-state index in [1.54, 1.807) is 24.3 Å². The van der Waals surface area contributed by atoms with Gasteiger partial charge in [-0.25, -0.2) is 0 Å². The summed E-state index contributed by atoms with van der Waals surface area (Å²) in [6, 6.07) is 16.5. The highest BCUT2D eigenvalue weighted by Gasteiger charge is 2.06. The minimum absolute atomic E-state index is 0.0574. The Labute approximate surface area is 135 Å². The fourth-order valence-electron chi connectivity index (χ4n) is 1.98. The molecule has 0 aliphatic heterocycles. The van der Waals surface area contributed by atoms with Crippen molar-refractivity contribution >= 4 is 11.8 Å². The van der Waals surface area contributed by atoms with Crippen LogP contribution in [-0.2, 0) is 4.79 Å².